The Kier molecular flexibility index (Phi) is 3.82. The largest absolute Gasteiger partial charge is 0.237 e. The molecule has 8 aromatic carbocycles. The summed E-state index contributed by atoms with van der Waals surface area (Å²) in [7, 11) is 0. The van der Waals surface area contributed by atoms with Gasteiger partial charge >= 0.3 is 0 Å². The minimum Gasteiger partial charge on any atom is -0.237 e. The van der Waals surface area contributed by atoms with Crippen LogP contribution in [0.15, 0.2) is 121 Å². The molecule has 2 heteroatoms. The van der Waals surface area contributed by atoms with Gasteiger partial charge in [-0.3, -0.25) is 0 Å². The highest BCUT2D eigenvalue weighted by Gasteiger charge is 2.17. The first-order chi connectivity index (χ1) is 18.8. The van der Waals surface area contributed by atoms with Crippen LogP contribution in [0.1, 0.15) is 0 Å². The third-order valence-corrected chi connectivity index (χ3v) is 8.21. The van der Waals surface area contributed by atoms with E-state index < -0.39 is 0 Å². The predicted octanol–water partition coefficient (Wildman–Crippen LogP) is 9.61. The molecule has 9 aromatic rings. The molecule has 0 aliphatic heterocycles. The van der Waals surface area contributed by atoms with Crippen LogP contribution in [0.25, 0.3) is 87.3 Å². The van der Waals surface area contributed by atoms with Gasteiger partial charge in [0.15, 0.2) is 5.82 Å². The summed E-state index contributed by atoms with van der Waals surface area (Å²) >= 11 is 0. The van der Waals surface area contributed by atoms with E-state index in [9.17, 15) is 0 Å². The molecule has 174 valence electrons. The molecule has 0 unspecified atom stereocenters. The first kappa shape index (κ1) is 20.0. The molecule has 0 radical (unpaired) electrons. The van der Waals surface area contributed by atoms with E-state index in [0.29, 0.717) is 0 Å². The molecule has 1 aromatic heterocycles. The lowest BCUT2D eigenvalue weighted by molar-refractivity contribution is 1.19. The van der Waals surface area contributed by atoms with Gasteiger partial charge in [-0.2, -0.15) is 0 Å². The fraction of sp³-hybridized carbons (Fsp3) is 0. The van der Waals surface area contributed by atoms with Crippen molar-refractivity contribution in [1.29, 1.82) is 0 Å². The molecule has 0 atom stereocenters. The van der Waals surface area contributed by atoms with E-state index in [2.05, 4.69) is 109 Å². The van der Waals surface area contributed by atoms with Crippen molar-refractivity contribution >= 4 is 64.6 Å². The zero-order chi connectivity index (χ0) is 24.8. The summed E-state index contributed by atoms with van der Waals surface area (Å²) in [5.74, 6) is 0.757. The third-order valence-electron chi connectivity index (χ3n) is 8.21. The van der Waals surface area contributed by atoms with E-state index in [-0.39, 0.29) is 0 Å². The third kappa shape index (κ3) is 2.61. The smallest absolute Gasteiger partial charge is 0.160 e. The lowest BCUT2D eigenvalue weighted by Crippen LogP contribution is -1.95. The minimum atomic E-state index is 0.757. The Hall–Kier alpha value is -5.08. The van der Waals surface area contributed by atoms with Gasteiger partial charge in [0.1, 0.15) is 0 Å². The number of hydrogen-bond donors (Lipinski definition) is 0. The zero-order valence-corrected chi connectivity index (χ0v) is 20.4. The normalized spacial score (nSPS) is 12.2. The Labute approximate surface area is 218 Å². The Bertz CT molecular complexity index is 2330. The van der Waals surface area contributed by atoms with Gasteiger partial charge in [-0.15, -0.1) is 0 Å². The van der Waals surface area contributed by atoms with Crippen LogP contribution in [0.2, 0.25) is 0 Å². The topological polar surface area (TPSA) is 25.8 Å². The Morgan fingerprint density at radius 2 is 0.921 bits per heavy atom. The van der Waals surface area contributed by atoms with Gasteiger partial charge in [0.05, 0.1) is 5.69 Å². The maximum Gasteiger partial charge on any atom is 0.160 e. The van der Waals surface area contributed by atoms with Crippen LogP contribution in [-0.4, -0.2) is 9.97 Å². The lowest BCUT2D eigenvalue weighted by atomic mass is 9.90. The number of hydrogen-bond acceptors (Lipinski definition) is 2. The van der Waals surface area contributed by atoms with Gasteiger partial charge in [-0.05, 0) is 76.8 Å². The summed E-state index contributed by atoms with van der Waals surface area (Å²) < 4.78 is 0. The van der Waals surface area contributed by atoms with Crippen molar-refractivity contribution in [1.82, 2.24) is 9.97 Å². The van der Waals surface area contributed by atoms with Gasteiger partial charge in [0.25, 0.3) is 0 Å². The molecule has 0 fully saturated rings. The van der Waals surface area contributed by atoms with Crippen molar-refractivity contribution in [3.8, 4) is 22.6 Å². The van der Waals surface area contributed by atoms with Crippen LogP contribution in [-0.2, 0) is 0 Å². The van der Waals surface area contributed by atoms with Crippen LogP contribution < -0.4 is 0 Å². The number of benzene rings is 8. The maximum absolute atomic E-state index is 5.19. The quantitative estimate of drug-likeness (QED) is 0.230. The monoisotopic (exact) mass is 480 g/mol. The predicted molar refractivity (Wildman–Crippen MR) is 160 cm³/mol. The second kappa shape index (κ2) is 7.24. The standard InChI is InChI=1S/C36H20N2/c1-4-21-11-13-25-14-16-27(29-17-15-23(5-1)32(21)35(25)29)31-18-19-37-36(38-31)30-20-26-8-2-6-22-10-12-24-7-3-9-28(30)34(24)33(22)26/h1-20H. The van der Waals surface area contributed by atoms with E-state index in [1.807, 2.05) is 12.3 Å². The summed E-state index contributed by atoms with van der Waals surface area (Å²) in [5.41, 5.74) is 3.15. The van der Waals surface area contributed by atoms with E-state index in [0.717, 1.165) is 22.6 Å². The average molecular weight is 481 g/mol. The van der Waals surface area contributed by atoms with Crippen molar-refractivity contribution < 1.29 is 0 Å². The number of rotatable bonds is 2. The molecule has 38 heavy (non-hydrogen) atoms. The van der Waals surface area contributed by atoms with E-state index in [1.165, 1.54) is 64.6 Å². The van der Waals surface area contributed by atoms with E-state index >= 15 is 0 Å². The van der Waals surface area contributed by atoms with Crippen molar-refractivity contribution in [3.05, 3.63) is 121 Å². The maximum atomic E-state index is 5.19. The second-order valence-corrected chi connectivity index (χ2v) is 10.2. The van der Waals surface area contributed by atoms with Crippen molar-refractivity contribution in [2.75, 3.05) is 0 Å². The van der Waals surface area contributed by atoms with Crippen LogP contribution in [0.3, 0.4) is 0 Å². The van der Waals surface area contributed by atoms with Crippen LogP contribution in [0.5, 0.6) is 0 Å². The molecular formula is C36H20N2. The van der Waals surface area contributed by atoms with Gasteiger partial charge in [-0.25, -0.2) is 9.97 Å². The summed E-state index contributed by atoms with van der Waals surface area (Å²) in [4.78, 5) is 9.99. The fourth-order valence-corrected chi connectivity index (χ4v) is 6.54. The molecule has 0 aliphatic rings. The van der Waals surface area contributed by atoms with Crippen LogP contribution >= 0.6 is 0 Å². The van der Waals surface area contributed by atoms with Crippen LogP contribution in [0, 0.1) is 0 Å². The molecule has 9 rings (SSSR count). The number of aromatic nitrogens is 2. The fourth-order valence-electron chi connectivity index (χ4n) is 6.54. The summed E-state index contributed by atoms with van der Waals surface area (Å²) in [6.45, 7) is 0. The SMILES string of the molecule is c1cc2ccc3ccc(-c4ccnc(-c5cc6cccc7ccc8cccc5c8c76)n4)c4ccc(c1)c2c34. The van der Waals surface area contributed by atoms with Gasteiger partial charge in [-0.1, -0.05) is 103 Å². The molecule has 0 amide bonds. The van der Waals surface area contributed by atoms with E-state index in [4.69, 9.17) is 9.97 Å². The van der Waals surface area contributed by atoms with Crippen molar-refractivity contribution in [2.45, 2.75) is 0 Å². The van der Waals surface area contributed by atoms with Crippen LogP contribution in [0.4, 0.5) is 0 Å². The van der Waals surface area contributed by atoms with Gasteiger partial charge < -0.3 is 0 Å². The van der Waals surface area contributed by atoms with Crippen molar-refractivity contribution in [3.63, 3.8) is 0 Å². The minimum absolute atomic E-state index is 0.757. The zero-order valence-electron chi connectivity index (χ0n) is 20.4. The molecule has 2 nitrogen and oxygen atoms in total. The molecule has 1 heterocycles. The molecule has 0 bridgehead atoms. The molecule has 0 saturated carbocycles. The highest BCUT2D eigenvalue weighted by Crippen LogP contribution is 2.41. The van der Waals surface area contributed by atoms with Gasteiger partial charge in [0, 0.05) is 17.3 Å². The van der Waals surface area contributed by atoms with Gasteiger partial charge in [0.2, 0.25) is 0 Å². The summed E-state index contributed by atoms with van der Waals surface area (Å²) in [6, 6.07) is 41.7. The lowest BCUT2D eigenvalue weighted by Gasteiger charge is -2.15. The first-order valence-corrected chi connectivity index (χ1v) is 13.0. The molecule has 0 N–H and O–H groups in total. The Balaban J connectivity index is 1.33. The second-order valence-electron chi connectivity index (χ2n) is 10.2. The number of nitrogens with zero attached hydrogens (tertiary/aromatic N) is 2. The Morgan fingerprint density at radius 1 is 0.395 bits per heavy atom. The molecule has 0 aliphatic carbocycles. The molecule has 0 saturated heterocycles. The Morgan fingerprint density at radius 3 is 1.66 bits per heavy atom. The average Bonchev–Trinajstić information content (AvgIpc) is 2.98. The first-order valence-electron chi connectivity index (χ1n) is 13.0. The summed E-state index contributed by atoms with van der Waals surface area (Å²) in [6.07, 6.45) is 1.90. The summed E-state index contributed by atoms with van der Waals surface area (Å²) in [5, 5.41) is 15.2. The molecule has 0 spiro atoms. The highest BCUT2D eigenvalue weighted by molar-refractivity contribution is 6.27. The van der Waals surface area contributed by atoms with E-state index in [1.54, 1.807) is 0 Å². The highest BCUT2D eigenvalue weighted by atomic mass is 14.9. The molecular weight excluding hydrogens is 460 g/mol. The van der Waals surface area contributed by atoms with Crippen molar-refractivity contribution in [2.24, 2.45) is 0 Å².